The Balaban J connectivity index is 2.12. The van der Waals surface area contributed by atoms with Crippen molar-refractivity contribution in [3.05, 3.63) is 35.1 Å². The SMILES string of the molecule is Clc1nnc(C2CCCCC2)c2ccccc12. The van der Waals surface area contributed by atoms with Crippen molar-refractivity contribution in [1.29, 1.82) is 0 Å². The third-order valence-corrected chi connectivity index (χ3v) is 3.94. The van der Waals surface area contributed by atoms with Crippen LogP contribution in [0.1, 0.15) is 43.7 Å². The summed E-state index contributed by atoms with van der Waals surface area (Å²) in [5.74, 6) is 0.568. The highest BCUT2D eigenvalue weighted by Crippen LogP contribution is 2.35. The lowest BCUT2D eigenvalue weighted by Gasteiger charge is -2.21. The van der Waals surface area contributed by atoms with Gasteiger partial charge in [0.15, 0.2) is 5.15 Å². The van der Waals surface area contributed by atoms with E-state index >= 15 is 0 Å². The van der Waals surface area contributed by atoms with Crippen LogP contribution in [0.2, 0.25) is 5.15 Å². The molecule has 0 radical (unpaired) electrons. The number of fused-ring (bicyclic) bond motifs is 1. The fourth-order valence-electron chi connectivity index (χ4n) is 2.77. The second kappa shape index (κ2) is 4.61. The molecule has 1 aromatic carbocycles. The third kappa shape index (κ3) is 2.02. The number of benzene rings is 1. The highest BCUT2D eigenvalue weighted by atomic mass is 35.5. The van der Waals surface area contributed by atoms with Crippen LogP contribution in [0.5, 0.6) is 0 Å². The van der Waals surface area contributed by atoms with E-state index in [2.05, 4.69) is 16.3 Å². The van der Waals surface area contributed by atoms with Crippen LogP contribution < -0.4 is 0 Å². The van der Waals surface area contributed by atoms with Gasteiger partial charge in [-0.05, 0) is 12.8 Å². The number of hydrogen-bond donors (Lipinski definition) is 0. The van der Waals surface area contributed by atoms with Gasteiger partial charge in [-0.25, -0.2) is 0 Å². The molecule has 0 bridgehead atoms. The molecule has 0 atom stereocenters. The highest BCUT2D eigenvalue weighted by Gasteiger charge is 2.20. The molecular weight excluding hydrogens is 232 g/mol. The van der Waals surface area contributed by atoms with Crippen molar-refractivity contribution in [3.63, 3.8) is 0 Å². The van der Waals surface area contributed by atoms with Crippen LogP contribution >= 0.6 is 11.6 Å². The molecule has 1 saturated carbocycles. The summed E-state index contributed by atoms with van der Waals surface area (Å²) in [7, 11) is 0. The Labute approximate surface area is 106 Å². The van der Waals surface area contributed by atoms with Crippen LogP contribution in [0.15, 0.2) is 24.3 Å². The summed E-state index contributed by atoms with van der Waals surface area (Å²) < 4.78 is 0. The lowest BCUT2D eigenvalue weighted by atomic mass is 9.85. The van der Waals surface area contributed by atoms with Gasteiger partial charge < -0.3 is 0 Å². The predicted octanol–water partition coefficient (Wildman–Crippen LogP) is 4.33. The molecule has 3 rings (SSSR count). The monoisotopic (exact) mass is 246 g/mol. The maximum absolute atomic E-state index is 6.09. The Hall–Kier alpha value is -1.15. The van der Waals surface area contributed by atoms with E-state index in [9.17, 15) is 0 Å². The molecule has 0 amide bonds. The quantitative estimate of drug-likeness (QED) is 0.748. The minimum absolute atomic E-state index is 0.514. The topological polar surface area (TPSA) is 25.8 Å². The van der Waals surface area contributed by atoms with Crippen molar-refractivity contribution < 1.29 is 0 Å². The van der Waals surface area contributed by atoms with Gasteiger partial charge in [0, 0.05) is 16.7 Å². The molecular formula is C14H15ClN2. The van der Waals surface area contributed by atoms with E-state index in [-0.39, 0.29) is 0 Å². The fourth-order valence-corrected chi connectivity index (χ4v) is 2.97. The number of nitrogens with zero attached hydrogens (tertiary/aromatic N) is 2. The summed E-state index contributed by atoms with van der Waals surface area (Å²) >= 11 is 6.09. The predicted molar refractivity (Wildman–Crippen MR) is 70.4 cm³/mol. The highest BCUT2D eigenvalue weighted by molar-refractivity contribution is 6.34. The van der Waals surface area contributed by atoms with Gasteiger partial charge in [0.25, 0.3) is 0 Å². The van der Waals surface area contributed by atoms with Crippen LogP contribution in [0, 0.1) is 0 Å². The first-order valence-electron chi connectivity index (χ1n) is 6.27. The first kappa shape index (κ1) is 11.0. The lowest BCUT2D eigenvalue weighted by Crippen LogP contribution is -2.08. The van der Waals surface area contributed by atoms with E-state index in [0.717, 1.165) is 11.1 Å². The normalized spacial score (nSPS) is 17.5. The first-order chi connectivity index (χ1) is 8.36. The van der Waals surface area contributed by atoms with Crippen LogP contribution in [0.4, 0.5) is 0 Å². The molecule has 0 saturated heterocycles. The molecule has 88 valence electrons. The van der Waals surface area contributed by atoms with Crippen molar-refractivity contribution in [2.45, 2.75) is 38.0 Å². The first-order valence-corrected chi connectivity index (χ1v) is 6.65. The minimum Gasteiger partial charge on any atom is -0.153 e. The van der Waals surface area contributed by atoms with Crippen LogP contribution in [-0.2, 0) is 0 Å². The molecule has 3 heteroatoms. The van der Waals surface area contributed by atoms with E-state index in [1.165, 1.54) is 37.5 Å². The second-order valence-electron chi connectivity index (χ2n) is 4.76. The van der Waals surface area contributed by atoms with Crippen molar-refractivity contribution >= 4 is 22.4 Å². The van der Waals surface area contributed by atoms with Crippen molar-refractivity contribution in [1.82, 2.24) is 10.2 Å². The minimum atomic E-state index is 0.514. The van der Waals surface area contributed by atoms with E-state index in [1.807, 2.05) is 18.2 Å². The van der Waals surface area contributed by atoms with E-state index in [1.54, 1.807) is 0 Å². The maximum Gasteiger partial charge on any atom is 0.159 e. The maximum atomic E-state index is 6.09. The van der Waals surface area contributed by atoms with Crippen molar-refractivity contribution in [2.24, 2.45) is 0 Å². The van der Waals surface area contributed by atoms with Crippen LogP contribution in [0.25, 0.3) is 10.8 Å². The van der Waals surface area contributed by atoms with Gasteiger partial charge in [-0.15, -0.1) is 5.10 Å². The number of rotatable bonds is 1. The fraction of sp³-hybridized carbons (Fsp3) is 0.429. The molecule has 0 unspecified atom stereocenters. The van der Waals surface area contributed by atoms with Gasteiger partial charge in [-0.2, -0.15) is 5.10 Å². The number of hydrogen-bond acceptors (Lipinski definition) is 2. The van der Waals surface area contributed by atoms with Crippen LogP contribution in [-0.4, -0.2) is 10.2 Å². The lowest BCUT2D eigenvalue weighted by molar-refractivity contribution is 0.436. The summed E-state index contributed by atoms with van der Waals surface area (Å²) in [5, 5.41) is 11.2. The summed E-state index contributed by atoms with van der Waals surface area (Å²) in [6, 6.07) is 8.19. The largest absolute Gasteiger partial charge is 0.159 e. The Morgan fingerprint density at radius 1 is 0.941 bits per heavy atom. The molecule has 1 heterocycles. The number of halogens is 1. The van der Waals surface area contributed by atoms with Crippen molar-refractivity contribution in [3.8, 4) is 0 Å². The average molecular weight is 247 g/mol. The molecule has 1 fully saturated rings. The second-order valence-corrected chi connectivity index (χ2v) is 5.11. The molecule has 1 aliphatic rings. The zero-order chi connectivity index (χ0) is 11.7. The Kier molecular flexibility index (Phi) is 2.98. The molecule has 2 aromatic rings. The molecule has 1 aliphatic carbocycles. The van der Waals surface area contributed by atoms with E-state index in [0.29, 0.717) is 11.1 Å². The molecule has 0 spiro atoms. The molecule has 0 aliphatic heterocycles. The summed E-state index contributed by atoms with van der Waals surface area (Å²) in [4.78, 5) is 0. The van der Waals surface area contributed by atoms with Crippen molar-refractivity contribution in [2.75, 3.05) is 0 Å². The summed E-state index contributed by atoms with van der Waals surface area (Å²) in [5.41, 5.74) is 1.14. The summed E-state index contributed by atoms with van der Waals surface area (Å²) in [6.07, 6.45) is 6.45. The van der Waals surface area contributed by atoms with Gasteiger partial charge in [0.1, 0.15) is 0 Å². The zero-order valence-electron chi connectivity index (χ0n) is 9.69. The van der Waals surface area contributed by atoms with Crippen LogP contribution in [0.3, 0.4) is 0 Å². The van der Waals surface area contributed by atoms with E-state index in [4.69, 9.17) is 11.6 Å². The third-order valence-electron chi connectivity index (χ3n) is 3.66. The molecule has 1 aromatic heterocycles. The van der Waals surface area contributed by atoms with E-state index < -0.39 is 0 Å². The molecule has 17 heavy (non-hydrogen) atoms. The molecule has 0 N–H and O–H groups in total. The van der Waals surface area contributed by atoms with Gasteiger partial charge in [0.2, 0.25) is 0 Å². The zero-order valence-corrected chi connectivity index (χ0v) is 10.5. The Bertz CT molecular complexity index is 533. The van der Waals surface area contributed by atoms with Gasteiger partial charge >= 0.3 is 0 Å². The Morgan fingerprint density at radius 3 is 2.41 bits per heavy atom. The average Bonchev–Trinajstić information content (AvgIpc) is 2.41. The van der Waals surface area contributed by atoms with Gasteiger partial charge in [0.05, 0.1) is 5.69 Å². The Morgan fingerprint density at radius 2 is 1.65 bits per heavy atom. The standard InChI is InChI=1S/C14H15ClN2/c15-14-12-9-5-4-8-11(12)13(16-17-14)10-6-2-1-3-7-10/h4-5,8-10H,1-3,6-7H2. The molecule has 2 nitrogen and oxygen atoms in total. The smallest absolute Gasteiger partial charge is 0.153 e. The number of aromatic nitrogens is 2. The van der Waals surface area contributed by atoms with Gasteiger partial charge in [-0.3, -0.25) is 0 Å². The van der Waals surface area contributed by atoms with Gasteiger partial charge in [-0.1, -0.05) is 55.1 Å². The summed E-state index contributed by atoms with van der Waals surface area (Å²) in [6.45, 7) is 0.